The molecule has 1 aliphatic carbocycles. The molecule has 17 heavy (non-hydrogen) atoms. The molecule has 0 aromatic carbocycles. The van der Waals surface area contributed by atoms with Gasteiger partial charge in [-0.15, -0.1) is 11.3 Å². The van der Waals surface area contributed by atoms with Crippen molar-refractivity contribution in [2.75, 3.05) is 0 Å². The van der Waals surface area contributed by atoms with E-state index in [0.29, 0.717) is 6.54 Å². The van der Waals surface area contributed by atoms with Crippen molar-refractivity contribution in [3.63, 3.8) is 0 Å². The van der Waals surface area contributed by atoms with E-state index in [1.807, 2.05) is 6.92 Å². The Balaban J connectivity index is 1.96. The molecule has 1 saturated carbocycles. The van der Waals surface area contributed by atoms with Gasteiger partial charge in [-0.3, -0.25) is 4.79 Å². The Bertz CT molecular complexity index is 415. The molecule has 1 fully saturated rings. The molecular weight excluding hydrogens is 232 g/mol. The van der Waals surface area contributed by atoms with Crippen LogP contribution in [0.4, 0.5) is 0 Å². The van der Waals surface area contributed by atoms with Crippen molar-refractivity contribution in [3.05, 3.63) is 21.9 Å². The Kier molecular flexibility index (Phi) is 3.54. The van der Waals surface area contributed by atoms with E-state index in [2.05, 4.69) is 23.7 Å². The van der Waals surface area contributed by atoms with Crippen LogP contribution >= 0.6 is 11.3 Å². The zero-order chi connectivity index (χ0) is 12.5. The predicted octanol–water partition coefficient (Wildman–Crippen LogP) is 2.19. The zero-order valence-electron chi connectivity index (χ0n) is 10.5. The molecular formula is C13H20N2OS. The minimum atomic E-state index is -0.370. The number of amides is 1. The van der Waals surface area contributed by atoms with Gasteiger partial charge in [0.1, 0.15) is 0 Å². The van der Waals surface area contributed by atoms with Crippen molar-refractivity contribution in [1.82, 2.24) is 5.32 Å². The first-order valence-electron chi connectivity index (χ1n) is 6.11. The van der Waals surface area contributed by atoms with E-state index in [1.54, 1.807) is 11.3 Å². The molecule has 0 bridgehead atoms. The molecule has 0 saturated heterocycles. The van der Waals surface area contributed by atoms with Gasteiger partial charge in [0.05, 0.1) is 12.0 Å². The van der Waals surface area contributed by atoms with Gasteiger partial charge in [0.2, 0.25) is 5.91 Å². The quantitative estimate of drug-likeness (QED) is 0.866. The summed E-state index contributed by atoms with van der Waals surface area (Å²) in [6.45, 7) is 4.69. The number of nitrogens with one attached hydrogen (secondary N) is 1. The number of carbonyl (C=O) groups is 1. The van der Waals surface area contributed by atoms with Crippen molar-refractivity contribution in [1.29, 1.82) is 0 Å². The summed E-state index contributed by atoms with van der Waals surface area (Å²) in [5, 5.41) is 5.09. The molecule has 2 rings (SSSR count). The van der Waals surface area contributed by atoms with Gasteiger partial charge < -0.3 is 11.1 Å². The van der Waals surface area contributed by atoms with Crippen LogP contribution in [0.2, 0.25) is 0 Å². The highest BCUT2D eigenvalue weighted by atomic mass is 32.1. The lowest BCUT2D eigenvalue weighted by molar-refractivity contribution is -0.130. The van der Waals surface area contributed by atoms with Crippen LogP contribution in [0.25, 0.3) is 0 Å². The zero-order valence-corrected chi connectivity index (χ0v) is 11.3. The lowest BCUT2D eigenvalue weighted by Crippen LogP contribution is -2.47. The molecule has 0 spiro atoms. The summed E-state index contributed by atoms with van der Waals surface area (Å²) in [5.41, 5.74) is 6.91. The van der Waals surface area contributed by atoms with E-state index in [0.717, 1.165) is 19.3 Å². The van der Waals surface area contributed by atoms with E-state index in [-0.39, 0.29) is 17.4 Å². The summed E-state index contributed by atoms with van der Waals surface area (Å²) in [4.78, 5) is 13.4. The van der Waals surface area contributed by atoms with Gasteiger partial charge in [-0.1, -0.05) is 6.42 Å². The Morgan fingerprint density at radius 2 is 2.47 bits per heavy atom. The normalized spacial score (nSPS) is 28.3. The van der Waals surface area contributed by atoms with Gasteiger partial charge in [-0.05, 0) is 43.7 Å². The average molecular weight is 252 g/mol. The predicted molar refractivity (Wildman–Crippen MR) is 70.8 cm³/mol. The number of hydrogen-bond donors (Lipinski definition) is 2. The van der Waals surface area contributed by atoms with Crippen LogP contribution in [-0.4, -0.2) is 11.9 Å². The first kappa shape index (κ1) is 12.6. The third kappa shape index (κ3) is 2.38. The number of rotatable bonds is 3. The topological polar surface area (TPSA) is 55.1 Å². The fraction of sp³-hybridized carbons (Fsp3) is 0.615. The Morgan fingerprint density at radius 1 is 1.71 bits per heavy atom. The monoisotopic (exact) mass is 252 g/mol. The van der Waals surface area contributed by atoms with Crippen molar-refractivity contribution >= 4 is 17.2 Å². The van der Waals surface area contributed by atoms with Crippen molar-refractivity contribution in [3.8, 4) is 0 Å². The second kappa shape index (κ2) is 4.78. The molecule has 2 unspecified atom stereocenters. The van der Waals surface area contributed by atoms with Gasteiger partial charge >= 0.3 is 0 Å². The van der Waals surface area contributed by atoms with Gasteiger partial charge in [-0.25, -0.2) is 0 Å². The fourth-order valence-corrected chi connectivity index (χ4v) is 3.27. The number of hydrogen-bond acceptors (Lipinski definition) is 3. The average Bonchev–Trinajstić information content (AvgIpc) is 2.84. The summed E-state index contributed by atoms with van der Waals surface area (Å²) >= 11 is 1.69. The molecule has 4 heteroatoms. The van der Waals surface area contributed by atoms with Crippen LogP contribution in [0.5, 0.6) is 0 Å². The minimum Gasteiger partial charge on any atom is -0.351 e. The van der Waals surface area contributed by atoms with Crippen LogP contribution in [-0.2, 0) is 11.3 Å². The minimum absolute atomic E-state index is 0.00642. The molecule has 1 heterocycles. The second-order valence-corrected chi connectivity index (χ2v) is 6.13. The Morgan fingerprint density at radius 3 is 3.00 bits per heavy atom. The molecule has 1 aromatic rings. The molecule has 3 nitrogen and oxygen atoms in total. The molecule has 94 valence electrons. The molecule has 0 aliphatic heterocycles. The highest BCUT2D eigenvalue weighted by Crippen LogP contribution is 2.36. The second-order valence-electron chi connectivity index (χ2n) is 5.13. The molecule has 1 aromatic heterocycles. The molecule has 1 amide bonds. The van der Waals surface area contributed by atoms with Gasteiger partial charge in [0.25, 0.3) is 0 Å². The number of thiophene rings is 1. The third-order valence-corrected chi connectivity index (χ3v) is 4.95. The van der Waals surface area contributed by atoms with Crippen LogP contribution in [0, 0.1) is 12.3 Å². The number of carbonyl (C=O) groups excluding carboxylic acids is 1. The van der Waals surface area contributed by atoms with E-state index in [9.17, 15) is 4.79 Å². The van der Waals surface area contributed by atoms with Gasteiger partial charge in [-0.2, -0.15) is 0 Å². The van der Waals surface area contributed by atoms with Crippen molar-refractivity contribution in [2.24, 2.45) is 11.1 Å². The summed E-state index contributed by atoms with van der Waals surface area (Å²) in [5.74, 6) is 0.107. The van der Waals surface area contributed by atoms with Crippen LogP contribution in [0.1, 0.15) is 36.6 Å². The summed E-state index contributed by atoms with van der Waals surface area (Å²) in [6, 6.07) is 2.08. The third-order valence-electron chi connectivity index (χ3n) is 3.93. The van der Waals surface area contributed by atoms with Crippen molar-refractivity contribution in [2.45, 2.75) is 45.7 Å². The summed E-state index contributed by atoms with van der Waals surface area (Å²) in [6.07, 6.45) is 2.93. The Hall–Kier alpha value is -0.870. The first-order chi connectivity index (χ1) is 8.04. The lowest BCUT2D eigenvalue weighted by Gasteiger charge is -2.27. The molecule has 2 atom stereocenters. The highest BCUT2D eigenvalue weighted by Gasteiger charge is 2.42. The standard InChI is InChI=1S/C13H20N2OS/c1-9-5-7-17-10(9)8-15-12(16)13(2)6-3-4-11(13)14/h5,7,11H,3-4,6,8,14H2,1-2H3,(H,15,16). The Labute approximate surface area is 106 Å². The van der Waals surface area contributed by atoms with Crippen LogP contribution in [0.3, 0.4) is 0 Å². The molecule has 0 radical (unpaired) electrons. The lowest BCUT2D eigenvalue weighted by atomic mass is 9.84. The molecule has 3 N–H and O–H groups in total. The maximum Gasteiger partial charge on any atom is 0.227 e. The van der Waals surface area contributed by atoms with Crippen LogP contribution in [0.15, 0.2) is 11.4 Å². The van der Waals surface area contributed by atoms with E-state index < -0.39 is 0 Å². The van der Waals surface area contributed by atoms with E-state index >= 15 is 0 Å². The van der Waals surface area contributed by atoms with Gasteiger partial charge in [0, 0.05) is 10.9 Å². The molecule has 1 aliphatic rings. The number of nitrogens with two attached hydrogens (primary N) is 1. The first-order valence-corrected chi connectivity index (χ1v) is 6.99. The van der Waals surface area contributed by atoms with E-state index in [1.165, 1.54) is 10.4 Å². The SMILES string of the molecule is Cc1ccsc1CNC(=O)C1(C)CCCC1N. The smallest absolute Gasteiger partial charge is 0.227 e. The highest BCUT2D eigenvalue weighted by molar-refractivity contribution is 7.10. The summed E-state index contributed by atoms with van der Waals surface area (Å²) < 4.78 is 0. The number of aryl methyl sites for hydroxylation is 1. The largest absolute Gasteiger partial charge is 0.351 e. The maximum atomic E-state index is 12.2. The van der Waals surface area contributed by atoms with Crippen molar-refractivity contribution < 1.29 is 4.79 Å². The summed E-state index contributed by atoms with van der Waals surface area (Å²) in [7, 11) is 0. The van der Waals surface area contributed by atoms with Gasteiger partial charge in [0.15, 0.2) is 0 Å². The van der Waals surface area contributed by atoms with E-state index in [4.69, 9.17) is 5.73 Å². The maximum absolute atomic E-state index is 12.2. The fourth-order valence-electron chi connectivity index (χ4n) is 2.42. The van der Waals surface area contributed by atoms with Crippen LogP contribution < -0.4 is 11.1 Å².